The van der Waals surface area contributed by atoms with Gasteiger partial charge in [0.25, 0.3) is 0 Å². The Kier molecular flexibility index (Phi) is 12.1. The molecule has 0 unspecified atom stereocenters. The molecule has 0 atom stereocenters. The predicted molar refractivity (Wildman–Crippen MR) is 75.0 cm³/mol. The molecule has 0 aromatic heterocycles. The first-order valence-corrected chi connectivity index (χ1v) is 9.47. The lowest BCUT2D eigenvalue weighted by atomic mass is 10.1. The Labute approximate surface area is 112 Å². The summed E-state index contributed by atoms with van der Waals surface area (Å²) >= 11 is 0. The van der Waals surface area contributed by atoms with Crippen LogP contribution in [0.15, 0.2) is 0 Å². The summed E-state index contributed by atoms with van der Waals surface area (Å²) in [5.41, 5.74) is 0. The van der Waals surface area contributed by atoms with E-state index >= 15 is 0 Å². The lowest BCUT2D eigenvalue weighted by molar-refractivity contribution is 0.458. The third kappa shape index (κ3) is 16.0. The van der Waals surface area contributed by atoms with E-state index in [-0.39, 0.29) is 0 Å². The second-order valence-electron chi connectivity index (χ2n) is 5.25. The van der Waals surface area contributed by atoms with Crippen LogP contribution in [0.3, 0.4) is 0 Å². The summed E-state index contributed by atoms with van der Waals surface area (Å²) in [6.45, 7) is 2.22. The molecule has 0 nitrogen and oxygen atoms in total. The zero-order valence-electron chi connectivity index (χ0n) is 11.8. The number of hydrogen-bond donors (Lipinski definition) is 0. The van der Waals surface area contributed by atoms with Gasteiger partial charge in [-0.3, -0.25) is 0 Å². The van der Waals surface area contributed by atoms with Crippen molar-refractivity contribution in [3.05, 3.63) is 0 Å². The Morgan fingerprint density at radius 3 is 1.22 bits per heavy atom. The standard InChI is InChI=1S/C14H29F3Si/c1-2-3-4-5-6-7-8-9-10-11-12-13-14-18(15,16)17/h2-14H2,1H3. The van der Waals surface area contributed by atoms with Gasteiger partial charge in [0.2, 0.25) is 0 Å². The van der Waals surface area contributed by atoms with Crippen molar-refractivity contribution in [2.45, 2.75) is 90.0 Å². The Morgan fingerprint density at radius 1 is 0.556 bits per heavy atom. The minimum Gasteiger partial charge on any atom is -0.238 e. The molecule has 4 heteroatoms. The van der Waals surface area contributed by atoms with Crippen molar-refractivity contribution in [1.82, 2.24) is 0 Å². The minimum absolute atomic E-state index is 0.368. The minimum atomic E-state index is -5.25. The Balaban J connectivity index is 2.99. The van der Waals surface area contributed by atoms with E-state index < -0.39 is 15.1 Å². The summed E-state index contributed by atoms with van der Waals surface area (Å²) < 4.78 is 36.0. The summed E-state index contributed by atoms with van der Waals surface area (Å²) in [7, 11) is -5.25. The molecule has 0 saturated carbocycles. The van der Waals surface area contributed by atoms with Gasteiger partial charge in [-0.05, 0) is 6.42 Å². The molecule has 0 radical (unpaired) electrons. The van der Waals surface area contributed by atoms with Gasteiger partial charge in [-0.15, -0.1) is 0 Å². The first kappa shape index (κ1) is 18.0. The molecule has 18 heavy (non-hydrogen) atoms. The Morgan fingerprint density at radius 2 is 0.889 bits per heavy atom. The van der Waals surface area contributed by atoms with Gasteiger partial charge in [0.1, 0.15) is 0 Å². The van der Waals surface area contributed by atoms with Gasteiger partial charge in [0.15, 0.2) is 0 Å². The Hall–Kier alpha value is 0.00688. The van der Waals surface area contributed by atoms with E-state index in [0.717, 1.165) is 19.3 Å². The highest BCUT2D eigenvalue weighted by Crippen LogP contribution is 2.19. The largest absolute Gasteiger partial charge is 0.616 e. The van der Waals surface area contributed by atoms with Crippen molar-refractivity contribution >= 4 is 9.08 Å². The van der Waals surface area contributed by atoms with Crippen LogP contribution in [0.2, 0.25) is 6.04 Å². The maximum Gasteiger partial charge on any atom is 0.616 e. The molecule has 0 heterocycles. The van der Waals surface area contributed by atoms with Crippen molar-refractivity contribution in [2.24, 2.45) is 0 Å². The summed E-state index contributed by atoms with van der Waals surface area (Å²) in [5.74, 6) is 0. The lowest BCUT2D eigenvalue weighted by Gasteiger charge is -2.03. The van der Waals surface area contributed by atoms with Crippen LogP contribution in [-0.2, 0) is 0 Å². The third-order valence-electron chi connectivity index (χ3n) is 3.31. The number of halogens is 3. The van der Waals surface area contributed by atoms with Crippen molar-refractivity contribution < 1.29 is 12.3 Å². The first-order chi connectivity index (χ1) is 8.56. The maximum absolute atomic E-state index is 12.0. The fourth-order valence-corrected chi connectivity index (χ4v) is 2.82. The molecule has 0 amide bonds. The highest BCUT2D eigenvalue weighted by atomic mass is 28.5. The molecule has 0 spiro atoms. The first-order valence-electron chi connectivity index (χ1n) is 7.63. The van der Waals surface area contributed by atoms with Crippen LogP contribution in [0.5, 0.6) is 0 Å². The van der Waals surface area contributed by atoms with Gasteiger partial charge in [-0.2, -0.15) is 0 Å². The number of hydrogen-bond acceptors (Lipinski definition) is 0. The number of unbranched alkanes of at least 4 members (excludes halogenated alkanes) is 11. The predicted octanol–water partition coefficient (Wildman–Crippen LogP) is 6.53. The fourth-order valence-electron chi connectivity index (χ4n) is 2.17. The zero-order chi connectivity index (χ0) is 13.7. The highest BCUT2D eigenvalue weighted by Gasteiger charge is 2.35. The molecule has 0 aromatic rings. The molecule has 0 bridgehead atoms. The van der Waals surface area contributed by atoms with Gasteiger partial charge in [-0.1, -0.05) is 77.6 Å². The molecular weight excluding hydrogens is 253 g/mol. The molecule has 0 aliphatic carbocycles. The van der Waals surface area contributed by atoms with Crippen molar-refractivity contribution in [3.63, 3.8) is 0 Å². The van der Waals surface area contributed by atoms with E-state index in [1.807, 2.05) is 0 Å². The van der Waals surface area contributed by atoms with Gasteiger partial charge in [0, 0.05) is 6.04 Å². The molecular formula is C14H29F3Si. The molecule has 0 saturated heterocycles. The average molecular weight is 282 g/mol. The summed E-state index contributed by atoms with van der Waals surface area (Å²) in [4.78, 5) is 0. The average Bonchev–Trinajstić information content (AvgIpc) is 2.29. The molecule has 0 aromatic carbocycles. The second-order valence-corrected chi connectivity index (χ2v) is 6.98. The van der Waals surface area contributed by atoms with Crippen LogP contribution in [0.25, 0.3) is 0 Å². The van der Waals surface area contributed by atoms with E-state index in [1.165, 1.54) is 51.4 Å². The SMILES string of the molecule is CCCCCCCCCCCCCC[Si](F)(F)F. The quantitative estimate of drug-likeness (QED) is 0.204. The van der Waals surface area contributed by atoms with Crippen molar-refractivity contribution in [3.8, 4) is 0 Å². The maximum atomic E-state index is 12.0. The molecule has 0 aliphatic rings. The normalized spacial score (nSPS) is 12.0. The fraction of sp³-hybridized carbons (Fsp3) is 1.00. The van der Waals surface area contributed by atoms with Gasteiger partial charge in [0.05, 0.1) is 0 Å². The Bertz CT molecular complexity index is 169. The smallest absolute Gasteiger partial charge is 0.238 e. The molecule has 0 N–H and O–H groups in total. The van der Waals surface area contributed by atoms with Crippen LogP contribution in [0.4, 0.5) is 12.3 Å². The monoisotopic (exact) mass is 282 g/mol. The molecule has 0 fully saturated rings. The van der Waals surface area contributed by atoms with E-state index in [0.29, 0.717) is 6.42 Å². The van der Waals surface area contributed by atoms with Crippen LogP contribution >= 0.6 is 0 Å². The van der Waals surface area contributed by atoms with E-state index in [2.05, 4.69) is 6.92 Å². The van der Waals surface area contributed by atoms with Crippen LogP contribution < -0.4 is 0 Å². The molecule has 110 valence electrons. The van der Waals surface area contributed by atoms with Crippen LogP contribution in [-0.4, -0.2) is 9.08 Å². The van der Waals surface area contributed by atoms with E-state index in [4.69, 9.17) is 0 Å². The summed E-state index contributed by atoms with van der Waals surface area (Å²) in [6.07, 6.45) is 13.7. The van der Waals surface area contributed by atoms with E-state index in [9.17, 15) is 12.3 Å². The molecule has 0 rings (SSSR count). The van der Waals surface area contributed by atoms with E-state index in [1.54, 1.807) is 0 Å². The topological polar surface area (TPSA) is 0 Å². The van der Waals surface area contributed by atoms with Gasteiger partial charge in [-0.25, -0.2) is 12.3 Å². The summed E-state index contributed by atoms with van der Waals surface area (Å²) in [6, 6.07) is -0.468. The van der Waals surface area contributed by atoms with Crippen LogP contribution in [0.1, 0.15) is 84.0 Å². The zero-order valence-corrected chi connectivity index (χ0v) is 12.8. The summed E-state index contributed by atoms with van der Waals surface area (Å²) in [5, 5.41) is 0. The lowest BCUT2D eigenvalue weighted by Crippen LogP contribution is -2.13. The van der Waals surface area contributed by atoms with Gasteiger partial charge < -0.3 is 0 Å². The van der Waals surface area contributed by atoms with Crippen molar-refractivity contribution in [1.29, 1.82) is 0 Å². The molecule has 0 aliphatic heterocycles. The highest BCUT2D eigenvalue weighted by molar-refractivity contribution is 6.58. The van der Waals surface area contributed by atoms with Crippen LogP contribution in [0, 0.1) is 0 Å². The van der Waals surface area contributed by atoms with Crippen molar-refractivity contribution in [2.75, 3.05) is 0 Å². The number of rotatable bonds is 13. The second kappa shape index (κ2) is 12.1. The van der Waals surface area contributed by atoms with Gasteiger partial charge >= 0.3 is 9.08 Å². The third-order valence-corrected chi connectivity index (χ3v) is 4.23.